The van der Waals surface area contributed by atoms with Gasteiger partial charge in [-0.05, 0) is 38.5 Å². The Kier molecular flexibility index (Phi) is 6.23. The molecule has 2 aliphatic rings. The molecule has 1 saturated heterocycles. The zero-order valence-corrected chi connectivity index (χ0v) is 12.9. The van der Waals surface area contributed by atoms with E-state index in [4.69, 9.17) is 4.74 Å². The van der Waals surface area contributed by atoms with Gasteiger partial charge < -0.3 is 15.0 Å². The molecule has 5 nitrogen and oxygen atoms in total. The number of nitrogens with zero attached hydrogens (tertiary/aromatic N) is 1. The summed E-state index contributed by atoms with van der Waals surface area (Å²) in [7, 11) is 1.52. The van der Waals surface area contributed by atoms with Gasteiger partial charge in [-0.15, -0.1) is 0 Å². The van der Waals surface area contributed by atoms with Crippen LogP contribution in [0.25, 0.3) is 0 Å². The van der Waals surface area contributed by atoms with E-state index in [2.05, 4.69) is 11.4 Å². The molecule has 0 bridgehead atoms. The molecule has 1 aliphatic heterocycles. The maximum absolute atomic E-state index is 12.3. The molecular formula is C16H26N2O3. The van der Waals surface area contributed by atoms with Crippen molar-refractivity contribution in [2.24, 2.45) is 5.92 Å². The topological polar surface area (TPSA) is 58.6 Å². The van der Waals surface area contributed by atoms with Crippen LogP contribution in [0, 0.1) is 5.92 Å². The smallest absolute Gasteiger partial charge is 0.248 e. The van der Waals surface area contributed by atoms with Gasteiger partial charge in [0.05, 0.1) is 5.92 Å². The lowest BCUT2D eigenvalue weighted by molar-refractivity contribution is -0.138. The van der Waals surface area contributed by atoms with Crippen LogP contribution in [0.2, 0.25) is 0 Å². The normalized spacial score (nSPS) is 22.6. The molecule has 0 saturated carbocycles. The molecule has 1 N–H and O–H groups in total. The minimum atomic E-state index is -0.0799. The van der Waals surface area contributed by atoms with E-state index in [1.165, 1.54) is 25.5 Å². The lowest BCUT2D eigenvalue weighted by Crippen LogP contribution is -2.46. The number of likely N-dealkylation sites (tertiary alicyclic amines) is 1. The van der Waals surface area contributed by atoms with Crippen molar-refractivity contribution in [2.45, 2.75) is 38.5 Å². The fourth-order valence-electron chi connectivity index (χ4n) is 3.04. The fourth-order valence-corrected chi connectivity index (χ4v) is 3.04. The van der Waals surface area contributed by atoms with E-state index < -0.39 is 0 Å². The molecule has 1 aliphatic carbocycles. The van der Waals surface area contributed by atoms with Gasteiger partial charge in [0.1, 0.15) is 6.61 Å². The van der Waals surface area contributed by atoms with Crippen LogP contribution in [0.3, 0.4) is 0 Å². The predicted molar refractivity (Wildman–Crippen MR) is 80.7 cm³/mol. The Bertz CT molecular complexity index is 406. The number of hydrogen-bond acceptors (Lipinski definition) is 3. The van der Waals surface area contributed by atoms with Crippen LogP contribution in [0.5, 0.6) is 0 Å². The molecule has 0 radical (unpaired) electrons. The van der Waals surface area contributed by atoms with Gasteiger partial charge >= 0.3 is 0 Å². The first kappa shape index (κ1) is 16.0. The van der Waals surface area contributed by atoms with Gasteiger partial charge in [-0.25, -0.2) is 0 Å². The molecule has 1 heterocycles. The van der Waals surface area contributed by atoms with E-state index in [1.54, 1.807) is 4.90 Å². The predicted octanol–water partition coefficient (Wildman–Crippen LogP) is 1.49. The van der Waals surface area contributed by atoms with Gasteiger partial charge in [-0.3, -0.25) is 9.59 Å². The third kappa shape index (κ3) is 4.84. The highest BCUT2D eigenvalue weighted by Gasteiger charge is 2.28. The lowest BCUT2D eigenvalue weighted by Gasteiger charge is -2.32. The van der Waals surface area contributed by atoms with Crippen LogP contribution in [0.15, 0.2) is 11.6 Å². The molecule has 0 aromatic rings. The van der Waals surface area contributed by atoms with Crippen molar-refractivity contribution in [1.82, 2.24) is 10.2 Å². The van der Waals surface area contributed by atoms with Crippen LogP contribution in [0.4, 0.5) is 0 Å². The summed E-state index contributed by atoms with van der Waals surface area (Å²) in [5.74, 6) is -0.0230. The Hall–Kier alpha value is -1.36. The molecule has 1 fully saturated rings. The fraction of sp³-hybridized carbons (Fsp3) is 0.750. The summed E-state index contributed by atoms with van der Waals surface area (Å²) in [5.41, 5.74) is 1.35. The number of rotatable bonds is 5. The molecule has 2 rings (SSSR count). The molecule has 21 heavy (non-hydrogen) atoms. The SMILES string of the molecule is COCC(=O)N1CCC[C@@H](C(=O)NCC2=CCCCC2)C1. The molecule has 0 unspecified atom stereocenters. The van der Waals surface area contributed by atoms with Gasteiger partial charge in [-0.1, -0.05) is 11.6 Å². The zero-order chi connectivity index (χ0) is 15.1. The van der Waals surface area contributed by atoms with Crippen molar-refractivity contribution >= 4 is 11.8 Å². The average molecular weight is 294 g/mol. The highest BCUT2D eigenvalue weighted by Crippen LogP contribution is 2.19. The number of ether oxygens (including phenoxy) is 1. The highest BCUT2D eigenvalue weighted by molar-refractivity contribution is 5.82. The molecule has 2 amide bonds. The molecule has 1 atom stereocenters. The van der Waals surface area contributed by atoms with Crippen molar-refractivity contribution in [3.63, 3.8) is 0 Å². The first-order chi connectivity index (χ1) is 10.2. The number of allylic oxidation sites excluding steroid dienone is 1. The van der Waals surface area contributed by atoms with E-state index >= 15 is 0 Å². The number of hydrogen-bond donors (Lipinski definition) is 1. The van der Waals surface area contributed by atoms with E-state index in [0.717, 1.165) is 32.2 Å². The monoisotopic (exact) mass is 294 g/mol. The second kappa shape index (κ2) is 8.17. The first-order valence-electron chi connectivity index (χ1n) is 7.93. The number of amides is 2. The average Bonchev–Trinajstić information content (AvgIpc) is 2.54. The zero-order valence-electron chi connectivity index (χ0n) is 12.9. The summed E-state index contributed by atoms with van der Waals surface area (Å²) in [6, 6.07) is 0. The molecule has 118 valence electrons. The maximum atomic E-state index is 12.3. The number of methoxy groups -OCH3 is 1. The summed E-state index contributed by atoms with van der Waals surface area (Å²) in [5, 5.41) is 3.04. The molecular weight excluding hydrogens is 268 g/mol. The van der Waals surface area contributed by atoms with E-state index in [1.807, 2.05) is 0 Å². The third-order valence-electron chi connectivity index (χ3n) is 4.29. The van der Waals surface area contributed by atoms with E-state index in [9.17, 15) is 9.59 Å². The van der Waals surface area contributed by atoms with Crippen LogP contribution in [0.1, 0.15) is 38.5 Å². The number of piperidine rings is 1. The molecule has 5 heteroatoms. The second-order valence-corrected chi connectivity index (χ2v) is 5.94. The molecule has 0 aromatic carbocycles. The quantitative estimate of drug-likeness (QED) is 0.782. The Balaban J connectivity index is 1.78. The Morgan fingerprint density at radius 3 is 2.95 bits per heavy atom. The first-order valence-corrected chi connectivity index (χ1v) is 7.93. The molecule has 0 spiro atoms. The minimum Gasteiger partial charge on any atom is -0.375 e. The Labute approximate surface area is 126 Å². The van der Waals surface area contributed by atoms with Crippen LogP contribution in [-0.2, 0) is 14.3 Å². The largest absolute Gasteiger partial charge is 0.375 e. The second-order valence-electron chi connectivity index (χ2n) is 5.94. The van der Waals surface area contributed by atoms with Crippen molar-refractivity contribution in [3.05, 3.63) is 11.6 Å². The summed E-state index contributed by atoms with van der Waals surface area (Å²) >= 11 is 0. The van der Waals surface area contributed by atoms with Gasteiger partial charge in [0, 0.05) is 26.7 Å². The number of carbonyl (C=O) groups is 2. The lowest BCUT2D eigenvalue weighted by atomic mass is 9.96. The van der Waals surface area contributed by atoms with Crippen molar-refractivity contribution < 1.29 is 14.3 Å². The van der Waals surface area contributed by atoms with Gasteiger partial charge in [0.15, 0.2) is 0 Å². The summed E-state index contributed by atoms with van der Waals surface area (Å²) < 4.78 is 4.88. The van der Waals surface area contributed by atoms with E-state index in [-0.39, 0.29) is 24.3 Å². The summed E-state index contributed by atoms with van der Waals surface area (Å²) in [4.78, 5) is 25.8. The summed E-state index contributed by atoms with van der Waals surface area (Å²) in [6.07, 6.45) is 8.72. The van der Waals surface area contributed by atoms with Crippen molar-refractivity contribution in [1.29, 1.82) is 0 Å². The third-order valence-corrected chi connectivity index (χ3v) is 4.29. The van der Waals surface area contributed by atoms with Crippen LogP contribution < -0.4 is 5.32 Å². The standard InChI is InChI=1S/C16H26N2O3/c1-21-12-15(19)18-9-5-8-14(11-18)16(20)17-10-13-6-3-2-4-7-13/h6,14H,2-5,7-12H2,1H3,(H,17,20)/t14-/m1/s1. The Morgan fingerprint density at radius 2 is 2.24 bits per heavy atom. The van der Waals surface area contributed by atoms with Gasteiger partial charge in [0.25, 0.3) is 0 Å². The summed E-state index contributed by atoms with van der Waals surface area (Å²) in [6.45, 7) is 2.02. The van der Waals surface area contributed by atoms with Crippen molar-refractivity contribution in [3.8, 4) is 0 Å². The number of nitrogens with one attached hydrogen (secondary N) is 1. The number of carbonyl (C=O) groups excluding carboxylic acids is 2. The molecule has 0 aromatic heterocycles. The van der Waals surface area contributed by atoms with Gasteiger partial charge in [-0.2, -0.15) is 0 Å². The Morgan fingerprint density at radius 1 is 1.38 bits per heavy atom. The van der Waals surface area contributed by atoms with Gasteiger partial charge in [0.2, 0.25) is 11.8 Å². The van der Waals surface area contributed by atoms with Crippen molar-refractivity contribution in [2.75, 3.05) is 33.4 Å². The maximum Gasteiger partial charge on any atom is 0.248 e. The van der Waals surface area contributed by atoms with E-state index in [0.29, 0.717) is 13.1 Å². The minimum absolute atomic E-state index is 0.0232. The van der Waals surface area contributed by atoms with Crippen LogP contribution >= 0.6 is 0 Å². The highest BCUT2D eigenvalue weighted by atomic mass is 16.5. The van der Waals surface area contributed by atoms with Crippen LogP contribution in [-0.4, -0.2) is 50.1 Å².